The van der Waals surface area contributed by atoms with Crippen LogP contribution in [0.1, 0.15) is 36.0 Å². The van der Waals surface area contributed by atoms with Gasteiger partial charge >= 0.3 is 0 Å². The van der Waals surface area contributed by atoms with Crippen LogP contribution in [0.3, 0.4) is 0 Å². The maximum absolute atomic E-state index is 13.0. The van der Waals surface area contributed by atoms with E-state index in [-0.39, 0.29) is 11.9 Å². The minimum atomic E-state index is -0.123. The Morgan fingerprint density at radius 1 is 1.03 bits per heavy atom. The smallest absolute Gasteiger partial charge is 0.251 e. The van der Waals surface area contributed by atoms with Gasteiger partial charge in [-0.25, -0.2) is 4.68 Å². The molecule has 0 spiro atoms. The molecule has 0 atom stereocenters. The van der Waals surface area contributed by atoms with E-state index in [9.17, 15) is 4.79 Å². The summed E-state index contributed by atoms with van der Waals surface area (Å²) in [6.07, 6.45) is 5.79. The lowest BCUT2D eigenvalue weighted by Gasteiger charge is -2.17. The number of amides is 1. The van der Waals surface area contributed by atoms with Gasteiger partial charge in [0.2, 0.25) is 5.75 Å². The Kier molecular flexibility index (Phi) is 6.01. The second-order valence-corrected chi connectivity index (χ2v) is 7.36. The minimum Gasteiger partial charge on any atom is -0.493 e. The lowest BCUT2D eigenvalue weighted by molar-refractivity contribution is 0.0938. The monoisotopic (exact) mass is 423 g/mol. The van der Waals surface area contributed by atoms with Crippen LogP contribution in [0.4, 0.5) is 0 Å². The topological polar surface area (TPSA) is 100 Å². The Labute approximate surface area is 180 Å². The number of methoxy groups -OCH3 is 3. The molecule has 0 bridgehead atoms. The molecule has 4 rings (SSSR count). The molecule has 9 heteroatoms. The van der Waals surface area contributed by atoms with Crippen molar-refractivity contribution in [1.29, 1.82) is 0 Å². The Bertz CT molecular complexity index is 1060. The first kappa shape index (κ1) is 20.6. The van der Waals surface area contributed by atoms with Gasteiger partial charge in [-0.05, 0) is 59.2 Å². The van der Waals surface area contributed by atoms with Crippen molar-refractivity contribution in [3.8, 4) is 34.1 Å². The number of aromatic nitrogens is 4. The summed E-state index contributed by atoms with van der Waals surface area (Å²) < 4.78 is 18.1. The second-order valence-electron chi connectivity index (χ2n) is 7.36. The van der Waals surface area contributed by atoms with Crippen LogP contribution >= 0.6 is 0 Å². The fraction of sp³-hybridized carbons (Fsp3) is 0.364. The van der Waals surface area contributed by atoms with Crippen LogP contribution in [0, 0.1) is 0 Å². The third-order valence-electron chi connectivity index (χ3n) is 5.50. The maximum atomic E-state index is 13.0. The fourth-order valence-corrected chi connectivity index (χ4v) is 3.98. The third kappa shape index (κ3) is 4.16. The molecule has 0 radical (unpaired) electrons. The van der Waals surface area contributed by atoms with Crippen LogP contribution in [0.15, 0.2) is 36.7 Å². The van der Waals surface area contributed by atoms with E-state index in [0.29, 0.717) is 28.5 Å². The van der Waals surface area contributed by atoms with E-state index in [1.807, 2.05) is 18.2 Å². The Hall–Kier alpha value is -3.62. The largest absolute Gasteiger partial charge is 0.493 e. The zero-order valence-corrected chi connectivity index (χ0v) is 17.8. The van der Waals surface area contributed by atoms with E-state index in [0.717, 1.165) is 36.8 Å². The van der Waals surface area contributed by atoms with Gasteiger partial charge in [0.05, 0.1) is 27.0 Å². The van der Waals surface area contributed by atoms with Gasteiger partial charge in [-0.3, -0.25) is 4.79 Å². The number of ether oxygens (including phenoxy) is 3. The molecule has 1 saturated carbocycles. The van der Waals surface area contributed by atoms with Crippen LogP contribution in [0.2, 0.25) is 0 Å². The number of benzene rings is 2. The standard InChI is InChI=1S/C22H25N5O4/c1-29-19-9-8-18(20(30-2)21(19)31-3)14-10-15(22(28)24-16-6-4-5-7-16)12-17(11-14)27-13-23-25-26-27/h8-13,16H,4-7H2,1-3H3,(H,24,28). The maximum Gasteiger partial charge on any atom is 0.251 e. The van der Waals surface area contributed by atoms with Gasteiger partial charge in [0.25, 0.3) is 5.91 Å². The van der Waals surface area contributed by atoms with Crippen molar-refractivity contribution in [3.05, 3.63) is 42.2 Å². The van der Waals surface area contributed by atoms with Gasteiger partial charge in [0.15, 0.2) is 11.5 Å². The molecule has 0 unspecified atom stereocenters. The van der Waals surface area contributed by atoms with E-state index in [2.05, 4.69) is 20.8 Å². The number of hydrogen-bond acceptors (Lipinski definition) is 7. The molecule has 2 aromatic carbocycles. The molecule has 1 heterocycles. The van der Waals surface area contributed by atoms with Crippen LogP contribution in [-0.4, -0.2) is 53.5 Å². The number of tetrazole rings is 1. The summed E-state index contributed by atoms with van der Waals surface area (Å²) in [5.74, 6) is 1.42. The number of nitrogens with one attached hydrogen (secondary N) is 1. The van der Waals surface area contributed by atoms with Crippen LogP contribution in [0.5, 0.6) is 17.2 Å². The minimum absolute atomic E-state index is 0.123. The number of nitrogens with zero attached hydrogens (tertiary/aromatic N) is 4. The molecule has 0 aliphatic heterocycles. The Morgan fingerprint density at radius 3 is 2.45 bits per heavy atom. The fourth-order valence-electron chi connectivity index (χ4n) is 3.98. The lowest BCUT2D eigenvalue weighted by atomic mass is 9.99. The second kappa shape index (κ2) is 9.03. The SMILES string of the molecule is COc1ccc(-c2cc(C(=O)NC3CCCC3)cc(-n3cnnn3)c2)c(OC)c1OC. The zero-order valence-electron chi connectivity index (χ0n) is 17.8. The molecule has 1 amide bonds. The van der Waals surface area contributed by atoms with Crippen molar-refractivity contribution < 1.29 is 19.0 Å². The molecule has 0 saturated heterocycles. The molecule has 162 valence electrons. The molecule has 31 heavy (non-hydrogen) atoms. The van der Waals surface area contributed by atoms with E-state index >= 15 is 0 Å². The van der Waals surface area contributed by atoms with Gasteiger partial charge in [0, 0.05) is 17.2 Å². The highest BCUT2D eigenvalue weighted by atomic mass is 16.5. The third-order valence-corrected chi connectivity index (χ3v) is 5.50. The van der Waals surface area contributed by atoms with E-state index < -0.39 is 0 Å². The highest BCUT2D eigenvalue weighted by Crippen LogP contribution is 2.44. The Morgan fingerprint density at radius 2 is 1.81 bits per heavy atom. The van der Waals surface area contributed by atoms with Gasteiger partial charge < -0.3 is 19.5 Å². The molecule has 3 aromatic rings. The van der Waals surface area contributed by atoms with Crippen LogP contribution in [-0.2, 0) is 0 Å². The predicted molar refractivity (Wildman–Crippen MR) is 114 cm³/mol. The van der Waals surface area contributed by atoms with Crippen molar-refractivity contribution in [2.75, 3.05) is 21.3 Å². The quantitative estimate of drug-likeness (QED) is 0.623. The zero-order chi connectivity index (χ0) is 21.8. The first-order chi connectivity index (χ1) is 15.1. The van der Waals surface area contributed by atoms with E-state index in [1.54, 1.807) is 33.5 Å². The number of carbonyl (C=O) groups excluding carboxylic acids is 1. The van der Waals surface area contributed by atoms with Crippen molar-refractivity contribution in [3.63, 3.8) is 0 Å². The summed E-state index contributed by atoms with van der Waals surface area (Å²) in [6, 6.07) is 9.39. The molecule has 1 fully saturated rings. The highest BCUT2D eigenvalue weighted by Gasteiger charge is 2.21. The molecule has 1 aliphatic rings. The highest BCUT2D eigenvalue weighted by molar-refractivity contribution is 5.97. The van der Waals surface area contributed by atoms with E-state index in [4.69, 9.17) is 14.2 Å². The summed E-state index contributed by atoms with van der Waals surface area (Å²) in [6.45, 7) is 0. The van der Waals surface area contributed by atoms with Gasteiger partial charge in [-0.1, -0.05) is 12.8 Å². The first-order valence-electron chi connectivity index (χ1n) is 10.1. The van der Waals surface area contributed by atoms with Crippen molar-refractivity contribution in [2.45, 2.75) is 31.7 Å². The van der Waals surface area contributed by atoms with Gasteiger partial charge in [-0.2, -0.15) is 0 Å². The predicted octanol–water partition coefficient (Wildman–Crippen LogP) is 3.03. The number of carbonyl (C=O) groups is 1. The van der Waals surface area contributed by atoms with Crippen LogP contribution in [0.25, 0.3) is 16.8 Å². The van der Waals surface area contributed by atoms with Crippen molar-refractivity contribution in [2.24, 2.45) is 0 Å². The summed E-state index contributed by atoms with van der Waals surface area (Å²) in [5.41, 5.74) is 2.70. The number of rotatable bonds is 7. The number of hydrogen-bond donors (Lipinski definition) is 1. The molecular formula is C22H25N5O4. The first-order valence-corrected chi connectivity index (χ1v) is 10.1. The molecular weight excluding hydrogens is 398 g/mol. The van der Waals surface area contributed by atoms with E-state index in [1.165, 1.54) is 11.0 Å². The van der Waals surface area contributed by atoms with Crippen molar-refractivity contribution >= 4 is 5.91 Å². The summed E-state index contributed by atoms with van der Waals surface area (Å²) in [7, 11) is 4.70. The lowest BCUT2D eigenvalue weighted by Crippen LogP contribution is -2.32. The van der Waals surface area contributed by atoms with Crippen LogP contribution < -0.4 is 19.5 Å². The summed E-state index contributed by atoms with van der Waals surface area (Å²) in [5, 5.41) is 14.5. The normalized spacial score (nSPS) is 13.8. The van der Waals surface area contributed by atoms with Gasteiger partial charge in [0.1, 0.15) is 6.33 Å². The molecule has 1 aliphatic carbocycles. The average Bonchev–Trinajstić information content (AvgIpc) is 3.52. The summed E-state index contributed by atoms with van der Waals surface area (Å²) in [4.78, 5) is 13.0. The molecule has 9 nitrogen and oxygen atoms in total. The average molecular weight is 423 g/mol. The molecule has 1 aromatic heterocycles. The summed E-state index contributed by atoms with van der Waals surface area (Å²) >= 11 is 0. The molecule has 1 N–H and O–H groups in total. The van der Waals surface area contributed by atoms with Gasteiger partial charge in [-0.15, -0.1) is 5.10 Å². The van der Waals surface area contributed by atoms with Crippen molar-refractivity contribution in [1.82, 2.24) is 25.5 Å². The Balaban J connectivity index is 1.82.